The molecular weight excluding hydrogens is 308 g/mol. The van der Waals surface area contributed by atoms with Gasteiger partial charge in [-0.3, -0.25) is 9.59 Å². The van der Waals surface area contributed by atoms with Crippen LogP contribution in [-0.2, 0) is 19.1 Å². The van der Waals surface area contributed by atoms with E-state index in [1.807, 2.05) is 0 Å². The lowest BCUT2D eigenvalue weighted by Crippen LogP contribution is -2.65. The third-order valence-corrected chi connectivity index (χ3v) is 3.44. The highest BCUT2D eigenvalue weighted by atomic mass is 16.6. The Bertz CT molecular complexity index is 428. The molecule has 1 fully saturated rings. The molecular formula is C14H25N2O7. The zero-order valence-electron chi connectivity index (χ0n) is 14.4. The van der Waals surface area contributed by atoms with E-state index in [0.29, 0.717) is 0 Å². The lowest BCUT2D eigenvalue weighted by molar-refractivity contribution is -0.267. The molecule has 7 atom stereocenters. The predicted octanol–water partition coefficient (Wildman–Crippen LogP) is -2.58. The Morgan fingerprint density at radius 1 is 1.48 bits per heavy atom. The molecule has 1 amide bonds. The van der Waals surface area contributed by atoms with Gasteiger partial charge in [-0.1, -0.05) is 0 Å². The monoisotopic (exact) mass is 334 g/mol. The average Bonchev–Trinajstić information content (AvgIpc) is 2.52. The molecule has 1 heterocycles. The van der Waals surface area contributed by atoms with Crippen LogP contribution in [0.25, 0.3) is 0 Å². The summed E-state index contributed by atoms with van der Waals surface area (Å²) in [6.45, 7) is 3.85. The Morgan fingerprint density at radius 3 is 2.65 bits per heavy atom. The molecule has 0 aromatic heterocycles. The number of carbonyl (C=O) groups excluding carboxylic acids is 2. The van der Waals surface area contributed by atoms with Crippen molar-refractivity contribution in [2.75, 3.05) is 13.2 Å². The van der Waals surface area contributed by atoms with Gasteiger partial charge in [0.25, 0.3) is 0 Å². The molecule has 1 radical (unpaired) electrons. The summed E-state index contributed by atoms with van der Waals surface area (Å²) in [6, 6.07) is -1.80. The molecule has 0 aromatic carbocycles. The summed E-state index contributed by atoms with van der Waals surface area (Å²) < 4.78 is 18.4. The maximum atomic E-state index is 11.3. The van der Waals surface area contributed by atoms with Crippen molar-refractivity contribution >= 4 is 12.2 Å². The Hall–Kier alpha value is -1.10. The van der Waals surface area contributed by atoms with Crippen molar-refractivity contribution in [1.82, 2.24) is 10.6 Å². The van der Waals surface area contributed by atoms with E-state index in [1.54, 1.807) is 13.2 Å². The summed E-state index contributed by atoms with van der Waals surface area (Å²) in [5.41, 5.74) is 0. The standard InChI is InChI=1S/C14H25N2O7/c1-7(5-17)15-4-8(2)22-13-11(16-9(3)19)14(21)23-10(6-18)12(13)20/h7-8,10-15,18,20-21H,4,6H2,1-3H3,(H,16,19)/t7-,8?,10+,11+,12+,13+,14-/m0/s1/i/hD. The number of hydrogen-bond donors (Lipinski definition) is 5. The summed E-state index contributed by atoms with van der Waals surface area (Å²) >= 11 is 0. The van der Waals surface area contributed by atoms with E-state index in [2.05, 4.69) is 5.32 Å². The maximum absolute atomic E-state index is 11.3. The van der Waals surface area contributed by atoms with Crippen LogP contribution in [0.4, 0.5) is 0 Å². The van der Waals surface area contributed by atoms with Crippen LogP contribution in [-0.4, -0.2) is 83.5 Å². The van der Waals surface area contributed by atoms with Gasteiger partial charge >= 0.3 is 0 Å². The van der Waals surface area contributed by atoms with Crippen LogP contribution in [0, 0.1) is 0 Å². The molecule has 1 unspecified atom stereocenters. The van der Waals surface area contributed by atoms with Crippen LogP contribution in [0.5, 0.6) is 0 Å². The third-order valence-electron chi connectivity index (χ3n) is 3.44. The zero-order valence-corrected chi connectivity index (χ0v) is 13.4. The van der Waals surface area contributed by atoms with Crippen molar-refractivity contribution in [1.29, 1.82) is 0 Å². The largest absolute Gasteiger partial charge is 0.394 e. The van der Waals surface area contributed by atoms with Crippen molar-refractivity contribution in [3.05, 3.63) is 0 Å². The Balaban J connectivity index is 2.83. The van der Waals surface area contributed by atoms with E-state index >= 15 is 0 Å². The van der Waals surface area contributed by atoms with Crippen LogP contribution < -0.4 is 10.6 Å². The molecule has 0 aromatic rings. The lowest BCUT2D eigenvalue weighted by Gasteiger charge is -2.43. The Morgan fingerprint density at radius 2 is 2.13 bits per heavy atom. The fourth-order valence-electron chi connectivity index (χ4n) is 2.29. The maximum Gasteiger partial charge on any atom is 0.217 e. The van der Waals surface area contributed by atoms with Crippen LogP contribution in [0.3, 0.4) is 0 Å². The van der Waals surface area contributed by atoms with Gasteiger partial charge in [-0.2, -0.15) is 0 Å². The summed E-state index contributed by atoms with van der Waals surface area (Å²) in [6.07, 6.45) is -3.84. The van der Waals surface area contributed by atoms with Gasteiger partial charge in [-0.25, -0.2) is 0 Å². The van der Waals surface area contributed by atoms with Crippen molar-refractivity contribution in [2.45, 2.75) is 63.6 Å². The van der Waals surface area contributed by atoms with E-state index in [0.717, 1.165) is 5.31 Å². The Kier molecular flexibility index (Phi) is 7.34. The average molecular weight is 334 g/mol. The first kappa shape index (κ1) is 18.2. The van der Waals surface area contributed by atoms with Crippen molar-refractivity contribution < 1.29 is 35.8 Å². The first-order valence-corrected chi connectivity index (χ1v) is 7.39. The first-order valence-electron chi connectivity index (χ1n) is 7.84. The highest BCUT2D eigenvalue weighted by molar-refractivity contribution is 5.73. The fourth-order valence-corrected chi connectivity index (χ4v) is 2.29. The number of carbonyl (C=O) groups is 1. The van der Waals surface area contributed by atoms with Crippen LogP contribution in [0.15, 0.2) is 0 Å². The van der Waals surface area contributed by atoms with Gasteiger partial charge in [0.05, 0.1) is 18.8 Å². The molecule has 9 heteroatoms. The molecule has 1 aliphatic rings. The minimum absolute atomic E-state index is 0.0349. The van der Waals surface area contributed by atoms with Crippen molar-refractivity contribution in [3.8, 4) is 0 Å². The molecule has 1 rings (SSSR count). The van der Waals surface area contributed by atoms with E-state index in [-0.39, 0.29) is 6.54 Å². The highest BCUT2D eigenvalue weighted by Gasteiger charge is 2.46. The molecule has 0 saturated carbocycles. The van der Waals surface area contributed by atoms with Crippen LogP contribution in [0.1, 0.15) is 20.8 Å². The second-order valence-corrected chi connectivity index (χ2v) is 5.53. The second-order valence-electron chi connectivity index (χ2n) is 5.53. The van der Waals surface area contributed by atoms with Gasteiger partial charge in [0.2, 0.25) is 12.2 Å². The molecule has 23 heavy (non-hydrogen) atoms. The normalized spacial score (nSPS) is 34.6. The summed E-state index contributed by atoms with van der Waals surface area (Å²) in [5, 5.41) is 32.9. The number of ether oxygens (including phenoxy) is 2. The van der Waals surface area contributed by atoms with Gasteiger partial charge in [0.15, 0.2) is 6.29 Å². The van der Waals surface area contributed by atoms with Gasteiger partial charge in [0, 0.05) is 13.5 Å². The van der Waals surface area contributed by atoms with Gasteiger partial charge in [-0.15, -0.1) is 0 Å². The summed E-state index contributed by atoms with van der Waals surface area (Å²) in [4.78, 5) is 21.9. The molecule has 1 aliphatic heterocycles. The third kappa shape index (κ3) is 5.79. The van der Waals surface area contributed by atoms with Gasteiger partial charge in [-0.05, 0) is 13.8 Å². The number of nitrogens with one attached hydrogen (secondary N) is 2. The molecule has 0 aliphatic carbocycles. The summed E-state index contributed by atoms with van der Waals surface area (Å²) in [5.74, 6) is -0.454. The topological polar surface area (TPSA) is 137 Å². The van der Waals surface area contributed by atoms with E-state index < -0.39 is 55.3 Å². The van der Waals surface area contributed by atoms with Gasteiger partial charge in [0.1, 0.15) is 25.8 Å². The number of rotatable bonds is 8. The number of hydrogen-bond acceptors (Lipinski definition) is 8. The number of aliphatic hydroxyl groups excluding tert-OH is 3. The minimum Gasteiger partial charge on any atom is -0.394 e. The highest BCUT2D eigenvalue weighted by Crippen LogP contribution is 2.23. The SMILES string of the molecule is [2H]N(CC(C)O[C@H]1[C@H](O)[C@@H](CO)O[C@H](O)[C@@H]1NC(C)=O)[C@@H](C)[C]=O. The second kappa shape index (κ2) is 9.26. The van der Waals surface area contributed by atoms with E-state index in [4.69, 9.17) is 10.9 Å². The zero-order chi connectivity index (χ0) is 18.4. The first-order chi connectivity index (χ1) is 11.2. The number of aliphatic hydroxyl groups is 3. The van der Waals surface area contributed by atoms with Crippen molar-refractivity contribution in [2.24, 2.45) is 0 Å². The minimum atomic E-state index is -1.47. The molecule has 9 nitrogen and oxygen atoms in total. The fraction of sp³-hybridized carbons (Fsp3) is 0.857. The predicted molar refractivity (Wildman–Crippen MR) is 79.1 cm³/mol. The van der Waals surface area contributed by atoms with Gasteiger partial charge < -0.3 is 35.4 Å². The van der Waals surface area contributed by atoms with E-state index in [1.165, 1.54) is 13.8 Å². The smallest absolute Gasteiger partial charge is 0.217 e. The van der Waals surface area contributed by atoms with E-state index in [9.17, 15) is 24.9 Å². The molecule has 0 bridgehead atoms. The summed E-state index contributed by atoms with van der Waals surface area (Å²) in [7, 11) is 0. The molecule has 0 spiro atoms. The Labute approximate surface area is 136 Å². The molecule has 1 saturated heterocycles. The lowest BCUT2D eigenvalue weighted by atomic mass is 9.96. The number of amides is 1. The molecule has 5 N–H and O–H groups in total. The molecule has 133 valence electrons. The van der Waals surface area contributed by atoms with Crippen LogP contribution in [0.2, 0.25) is 1.41 Å². The van der Waals surface area contributed by atoms with Crippen molar-refractivity contribution in [3.63, 3.8) is 0 Å². The van der Waals surface area contributed by atoms with Crippen LogP contribution >= 0.6 is 0 Å². The quantitative estimate of drug-likeness (QED) is 0.326.